The average Bonchev–Trinajstić information content (AvgIpc) is 2.96. The molecule has 1 aromatic rings. The van der Waals surface area contributed by atoms with Crippen LogP contribution in [0.1, 0.15) is 39.4 Å². The van der Waals surface area contributed by atoms with E-state index in [0.29, 0.717) is 12.3 Å². The second-order valence-corrected chi connectivity index (χ2v) is 6.16. The highest BCUT2D eigenvalue weighted by molar-refractivity contribution is 5.76. The standard InChI is InChI=1S/C14H20N2O5/c1-14(2,3)21-13(17)11-5-4-8-15(11)9-10-6-7-12(20-10)16(18)19/h6-7,11H,4-5,8-9H2,1-3H3/t11-/m0/s1. The van der Waals surface area contributed by atoms with Gasteiger partial charge in [-0.15, -0.1) is 0 Å². The molecule has 0 unspecified atom stereocenters. The van der Waals surface area contributed by atoms with Crippen molar-refractivity contribution in [1.29, 1.82) is 0 Å². The van der Waals surface area contributed by atoms with E-state index in [0.717, 1.165) is 19.4 Å². The molecule has 1 aliphatic rings. The monoisotopic (exact) mass is 296 g/mol. The molecule has 1 saturated heterocycles. The molecule has 0 spiro atoms. The predicted molar refractivity (Wildman–Crippen MR) is 74.6 cm³/mol. The van der Waals surface area contributed by atoms with Gasteiger partial charge in [0, 0.05) is 0 Å². The third-order valence-corrected chi connectivity index (χ3v) is 3.23. The van der Waals surface area contributed by atoms with Crippen LogP contribution in [-0.2, 0) is 16.1 Å². The maximum Gasteiger partial charge on any atom is 0.433 e. The molecule has 116 valence electrons. The lowest BCUT2D eigenvalue weighted by Crippen LogP contribution is -2.40. The molecule has 1 fully saturated rings. The van der Waals surface area contributed by atoms with Crippen molar-refractivity contribution in [1.82, 2.24) is 4.90 Å². The molecule has 1 aliphatic heterocycles. The molecule has 7 heteroatoms. The fourth-order valence-electron chi connectivity index (χ4n) is 2.40. The summed E-state index contributed by atoms with van der Waals surface area (Å²) in [6.45, 7) is 6.62. The number of esters is 1. The topological polar surface area (TPSA) is 85.8 Å². The van der Waals surface area contributed by atoms with Crippen LogP contribution >= 0.6 is 0 Å². The number of hydrogen-bond acceptors (Lipinski definition) is 6. The molecule has 0 aliphatic carbocycles. The van der Waals surface area contributed by atoms with Gasteiger partial charge in [0.2, 0.25) is 0 Å². The predicted octanol–water partition coefficient (Wildman–Crippen LogP) is 2.49. The van der Waals surface area contributed by atoms with Crippen LogP contribution in [0, 0.1) is 10.1 Å². The van der Waals surface area contributed by atoms with E-state index in [4.69, 9.17) is 9.15 Å². The Balaban J connectivity index is 2.01. The number of hydrogen-bond donors (Lipinski definition) is 0. The summed E-state index contributed by atoms with van der Waals surface area (Å²) in [5.41, 5.74) is -0.519. The van der Waals surface area contributed by atoms with Gasteiger partial charge in [0.1, 0.15) is 22.3 Å². The number of likely N-dealkylation sites (tertiary alicyclic amines) is 1. The van der Waals surface area contributed by atoms with Crippen LogP contribution in [-0.4, -0.2) is 34.0 Å². The van der Waals surface area contributed by atoms with Crippen molar-refractivity contribution in [2.45, 2.75) is 51.8 Å². The minimum atomic E-state index is -0.571. The number of nitro groups is 1. The van der Waals surface area contributed by atoms with Gasteiger partial charge in [-0.1, -0.05) is 0 Å². The quantitative estimate of drug-likeness (QED) is 0.482. The van der Waals surface area contributed by atoms with Crippen LogP contribution in [0.4, 0.5) is 5.88 Å². The SMILES string of the molecule is CC(C)(C)OC(=O)[C@@H]1CCCN1Cc1ccc([N+](=O)[O-])o1. The molecular formula is C14H20N2O5. The fourth-order valence-corrected chi connectivity index (χ4v) is 2.40. The van der Waals surface area contributed by atoms with E-state index in [2.05, 4.69) is 0 Å². The molecule has 21 heavy (non-hydrogen) atoms. The molecule has 0 bridgehead atoms. The third-order valence-electron chi connectivity index (χ3n) is 3.23. The molecule has 1 aromatic heterocycles. The summed E-state index contributed by atoms with van der Waals surface area (Å²) in [4.78, 5) is 24.1. The van der Waals surface area contributed by atoms with Gasteiger partial charge in [-0.3, -0.25) is 19.8 Å². The summed E-state index contributed by atoms with van der Waals surface area (Å²) in [6.07, 6.45) is 1.63. The van der Waals surface area contributed by atoms with E-state index >= 15 is 0 Å². The zero-order chi connectivity index (χ0) is 15.6. The van der Waals surface area contributed by atoms with E-state index in [9.17, 15) is 14.9 Å². The zero-order valence-electron chi connectivity index (χ0n) is 12.5. The lowest BCUT2D eigenvalue weighted by atomic mass is 10.1. The van der Waals surface area contributed by atoms with Crippen molar-refractivity contribution in [3.05, 3.63) is 28.0 Å². The van der Waals surface area contributed by atoms with Crippen LogP contribution < -0.4 is 0 Å². The van der Waals surface area contributed by atoms with Crippen molar-refractivity contribution in [3.63, 3.8) is 0 Å². The van der Waals surface area contributed by atoms with Gasteiger partial charge in [-0.05, 0) is 46.2 Å². The number of furan rings is 1. The minimum Gasteiger partial charge on any atom is -0.459 e. The van der Waals surface area contributed by atoms with Crippen molar-refractivity contribution >= 4 is 11.9 Å². The van der Waals surface area contributed by atoms with Crippen LogP contribution in [0.2, 0.25) is 0 Å². The summed E-state index contributed by atoms with van der Waals surface area (Å²) in [5.74, 6) is -0.0452. The zero-order valence-corrected chi connectivity index (χ0v) is 12.5. The van der Waals surface area contributed by atoms with Gasteiger partial charge < -0.3 is 9.15 Å². The van der Waals surface area contributed by atoms with Crippen LogP contribution in [0.15, 0.2) is 16.5 Å². The first-order valence-electron chi connectivity index (χ1n) is 6.96. The first-order valence-corrected chi connectivity index (χ1v) is 6.96. The lowest BCUT2D eigenvalue weighted by molar-refractivity contribution is -0.402. The van der Waals surface area contributed by atoms with Crippen LogP contribution in [0.3, 0.4) is 0 Å². The molecule has 0 amide bonds. The lowest BCUT2D eigenvalue weighted by Gasteiger charge is -2.26. The number of carbonyl (C=O) groups is 1. The molecule has 0 aromatic carbocycles. The summed E-state index contributed by atoms with van der Waals surface area (Å²) >= 11 is 0. The highest BCUT2D eigenvalue weighted by Gasteiger charge is 2.34. The first kappa shape index (κ1) is 15.5. The van der Waals surface area contributed by atoms with Crippen LogP contribution in [0.25, 0.3) is 0 Å². The first-order chi connectivity index (χ1) is 9.76. The van der Waals surface area contributed by atoms with Gasteiger partial charge in [0.15, 0.2) is 0 Å². The maximum absolute atomic E-state index is 12.2. The Morgan fingerprint density at radius 1 is 1.52 bits per heavy atom. The second kappa shape index (κ2) is 5.85. The highest BCUT2D eigenvalue weighted by atomic mass is 16.6. The molecular weight excluding hydrogens is 276 g/mol. The van der Waals surface area contributed by atoms with Gasteiger partial charge in [-0.2, -0.15) is 0 Å². The van der Waals surface area contributed by atoms with Gasteiger partial charge in [-0.25, -0.2) is 0 Å². The van der Waals surface area contributed by atoms with Gasteiger partial charge in [0.05, 0.1) is 12.6 Å². The number of nitrogens with zero attached hydrogens (tertiary/aromatic N) is 2. The Labute approximate surface area is 123 Å². The Morgan fingerprint density at radius 2 is 2.24 bits per heavy atom. The van der Waals surface area contributed by atoms with E-state index in [1.165, 1.54) is 6.07 Å². The van der Waals surface area contributed by atoms with E-state index in [1.54, 1.807) is 6.07 Å². The smallest absolute Gasteiger partial charge is 0.433 e. The van der Waals surface area contributed by atoms with Crippen molar-refractivity contribution in [2.75, 3.05) is 6.54 Å². The third kappa shape index (κ3) is 4.04. The van der Waals surface area contributed by atoms with Crippen LogP contribution in [0.5, 0.6) is 0 Å². The van der Waals surface area contributed by atoms with Crippen molar-refractivity contribution in [3.8, 4) is 0 Å². The Kier molecular flexibility index (Phi) is 4.32. The molecule has 7 nitrogen and oxygen atoms in total. The number of rotatable bonds is 4. The number of carbonyl (C=O) groups excluding carboxylic acids is 1. The molecule has 0 saturated carbocycles. The van der Waals surface area contributed by atoms with E-state index in [-0.39, 0.29) is 17.9 Å². The highest BCUT2D eigenvalue weighted by Crippen LogP contribution is 2.25. The number of ether oxygens (including phenoxy) is 1. The summed E-state index contributed by atoms with van der Waals surface area (Å²) in [6, 6.07) is 2.59. The maximum atomic E-state index is 12.2. The van der Waals surface area contributed by atoms with Crippen molar-refractivity contribution in [2.24, 2.45) is 0 Å². The molecule has 1 atom stereocenters. The summed E-state index contributed by atoms with van der Waals surface area (Å²) in [5, 5.41) is 10.6. The molecule has 2 heterocycles. The van der Waals surface area contributed by atoms with Gasteiger partial charge in [0.25, 0.3) is 0 Å². The Hall–Kier alpha value is -1.89. The minimum absolute atomic E-state index is 0.249. The largest absolute Gasteiger partial charge is 0.459 e. The molecule has 2 rings (SSSR count). The molecule has 0 radical (unpaired) electrons. The van der Waals surface area contributed by atoms with Gasteiger partial charge >= 0.3 is 11.9 Å². The fraction of sp³-hybridized carbons (Fsp3) is 0.643. The van der Waals surface area contributed by atoms with Crippen molar-refractivity contribution < 1.29 is 18.9 Å². The Bertz CT molecular complexity index is 532. The summed E-state index contributed by atoms with van der Waals surface area (Å²) in [7, 11) is 0. The van der Waals surface area contributed by atoms with E-state index < -0.39 is 10.5 Å². The Morgan fingerprint density at radius 3 is 2.81 bits per heavy atom. The summed E-state index contributed by atoms with van der Waals surface area (Å²) < 4.78 is 10.6. The van der Waals surface area contributed by atoms with E-state index in [1.807, 2.05) is 25.7 Å². The average molecular weight is 296 g/mol. The molecule has 0 N–H and O–H groups in total. The second-order valence-electron chi connectivity index (χ2n) is 6.16. The normalized spacial score (nSPS) is 19.7.